The molecule has 0 N–H and O–H groups in total. The maximum absolute atomic E-state index is 9.10. The second-order valence-corrected chi connectivity index (χ2v) is 8.83. The molecular weight excluding hydrogens is 316 g/mol. The average Bonchev–Trinajstić information content (AvgIpc) is 3.15. The zero-order valence-corrected chi connectivity index (χ0v) is 15.9. The smallest absolute Gasteiger partial charge is 0.140 e. The molecule has 0 spiro atoms. The van der Waals surface area contributed by atoms with Gasteiger partial charge in [0.15, 0.2) is 0 Å². The monoisotopic (exact) mass is 342 g/mol. The lowest BCUT2D eigenvalue weighted by molar-refractivity contribution is 0.142. The maximum atomic E-state index is 9.10. The molecule has 1 atom stereocenters. The van der Waals surface area contributed by atoms with Gasteiger partial charge >= 0.3 is 0 Å². The number of hydrogen-bond acceptors (Lipinski definition) is 4. The fraction of sp³-hybridized carbons (Fsp3) is 0.550. The number of thiophene rings is 1. The van der Waals surface area contributed by atoms with E-state index in [1.165, 1.54) is 24.3 Å². The normalized spacial score (nSPS) is 18.9. The van der Waals surface area contributed by atoms with Crippen LogP contribution in [0.3, 0.4) is 0 Å². The molecule has 128 valence electrons. The number of hydrogen-bond donors (Lipinski definition) is 0. The summed E-state index contributed by atoms with van der Waals surface area (Å²) in [6.07, 6.45) is 3.62. The van der Waals surface area contributed by atoms with E-state index in [1.807, 2.05) is 18.2 Å². The van der Waals surface area contributed by atoms with E-state index >= 15 is 0 Å². The van der Waals surface area contributed by atoms with Crippen molar-refractivity contribution in [3.63, 3.8) is 0 Å². The number of rotatable bonds is 4. The van der Waals surface area contributed by atoms with E-state index in [0.29, 0.717) is 17.0 Å². The van der Waals surface area contributed by atoms with Gasteiger partial charge < -0.3 is 4.74 Å². The maximum Gasteiger partial charge on any atom is 0.140 e. The minimum absolute atomic E-state index is 0.336. The molecule has 0 saturated carbocycles. The van der Waals surface area contributed by atoms with Gasteiger partial charge in [0.05, 0.1) is 18.7 Å². The minimum Gasteiger partial charge on any atom is -0.495 e. The van der Waals surface area contributed by atoms with Gasteiger partial charge in [0.2, 0.25) is 0 Å². The van der Waals surface area contributed by atoms with Gasteiger partial charge in [0.25, 0.3) is 0 Å². The lowest BCUT2D eigenvalue weighted by atomic mass is 9.85. The SMILES string of the molecule is COc1c(CCN2CCC[C@H]2C(C)(C)C)sc2cc(C#N)ccc12. The summed E-state index contributed by atoms with van der Waals surface area (Å²) in [5, 5.41) is 10.2. The predicted octanol–water partition coefficient (Wildman–Crippen LogP) is 4.83. The first-order valence-electron chi connectivity index (χ1n) is 8.67. The Morgan fingerprint density at radius 2 is 2.17 bits per heavy atom. The summed E-state index contributed by atoms with van der Waals surface area (Å²) in [6, 6.07) is 8.75. The molecule has 3 rings (SSSR count). The topological polar surface area (TPSA) is 36.3 Å². The Hall–Kier alpha value is -1.57. The first-order chi connectivity index (χ1) is 11.4. The van der Waals surface area contributed by atoms with E-state index in [-0.39, 0.29) is 0 Å². The molecule has 2 aromatic rings. The highest BCUT2D eigenvalue weighted by Crippen LogP contribution is 2.39. The summed E-state index contributed by atoms with van der Waals surface area (Å²) in [5.41, 5.74) is 1.05. The Kier molecular flexibility index (Phi) is 4.85. The van der Waals surface area contributed by atoms with Crippen molar-refractivity contribution >= 4 is 21.4 Å². The Morgan fingerprint density at radius 3 is 2.83 bits per heavy atom. The molecule has 0 radical (unpaired) electrons. The van der Waals surface area contributed by atoms with Crippen LogP contribution in [-0.4, -0.2) is 31.1 Å². The summed E-state index contributed by atoms with van der Waals surface area (Å²) >= 11 is 1.77. The third-order valence-electron chi connectivity index (χ3n) is 5.04. The highest BCUT2D eigenvalue weighted by atomic mass is 32.1. The van der Waals surface area contributed by atoms with Crippen molar-refractivity contribution < 1.29 is 4.74 Å². The molecule has 0 aliphatic carbocycles. The van der Waals surface area contributed by atoms with Crippen LogP contribution in [0.1, 0.15) is 44.1 Å². The van der Waals surface area contributed by atoms with Crippen LogP contribution in [0.15, 0.2) is 18.2 Å². The van der Waals surface area contributed by atoms with Gasteiger partial charge in [-0.2, -0.15) is 5.26 Å². The molecule has 3 nitrogen and oxygen atoms in total. The third-order valence-corrected chi connectivity index (χ3v) is 6.23. The number of nitriles is 1. The van der Waals surface area contributed by atoms with Crippen LogP contribution in [0.25, 0.3) is 10.1 Å². The van der Waals surface area contributed by atoms with Crippen molar-refractivity contribution in [2.24, 2.45) is 5.41 Å². The van der Waals surface area contributed by atoms with Gasteiger partial charge in [0.1, 0.15) is 5.75 Å². The summed E-state index contributed by atoms with van der Waals surface area (Å²) in [7, 11) is 1.75. The van der Waals surface area contributed by atoms with Crippen molar-refractivity contribution in [3.8, 4) is 11.8 Å². The predicted molar refractivity (Wildman–Crippen MR) is 101 cm³/mol. The lowest BCUT2D eigenvalue weighted by Crippen LogP contribution is -2.40. The molecule has 1 aliphatic rings. The number of fused-ring (bicyclic) bond motifs is 1. The third kappa shape index (κ3) is 3.29. The standard InChI is InChI=1S/C20H26N2OS/c1-20(2,3)18-6-5-10-22(18)11-9-16-19(23-4)15-8-7-14(13-21)12-17(15)24-16/h7-8,12,18H,5-6,9-11H2,1-4H3/t18-/m0/s1. The quantitative estimate of drug-likeness (QED) is 0.798. The van der Waals surface area contributed by atoms with E-state index in [4.69, 9.17) is 10.00 Å². The Labute approximate surface area is 148 Å². The lowest BCUT2D eigenvalue weighted by Gasteiger charge is -2.35. The summed E-state index contributed by atoms with van der Waals surface area (Å²) < 4.78 is 6.84. The Balaban J connectivity index is 1.81. The van der Waals surface area contributed by atoms with Crippen molar-refractivity contribution in [2.75, 3.05) is 20.2 Å². The van der Waals surface area contributed by atoms with Gasteiger partial charge in [-0.25, -0.2) is 0 Å². The minimum atomic E-state index is 0.336. The molecule has 1 fully saturated rings. The van der Waals surface area contributed by atoms with E-state index in [2.05, 4.69) is 31.7 Å². The van der Waals surface area contributed by atoms with Crippen LogP contribution in [0, 0.1) is 16.7 Å². The zero-order chi connectivity index (χ0) is 17.3. The fourth-order valence-corrected chi connectivity index (χ4v) is 5.10. The van der Waals surface area contributed by atoms with E-state index in [1.54, 1.807) is 18.4 Å². The van der Waals surface area contributed by atoms with E-state index < -0.39 is 0 Å². The van der Waals surface area contributed by atoms with Crippen molar-refractivity contribution in [2.45, 2.75) is 46.1 Å². The van der Waals surface area contributed by atoms with Gasteiger partial charge in [-0.3, -0.25) is 4.90 Å². The zero-order valence-electron chi connectivity index (χ0n) is 15.1. The van der Waals surface area contributed by atoms with Crippen LogP contribution in [0.5, 0.6) is 5.75 Å². The average molecular weight is 343 g/mol. The number of methoxy groups -OCH3 is 1. The van der Waals surface area contributed by atoms with E-state index in [9.17, 15) is 0 Å². The number of nitrogens with zero attached hydrogens (tertiary/aromatic N) is 2. The van der Waals surface area contributed by atoms with Crippen LogP contribution in [0.2, 0.25) is 0 Å². The first-order valence-corrected chi connectivity index (χ1v) is 9.49. The molecule has 0 amide bonds. The Morgan fingerprint density at radius 1 is 1.38 bits per heavy atom. The van der Waals surface area contributed by atoms with Crippen LogP contribution in [-0.2, 0) is 6.42 Å². The van der Waals surface area contributed by atoms with Crippen molar-refractivity contribution in [3.05, 3.63) is 28.6 Å². The van der Waals surface area contributed by atoms with Gasteiger partial charge in [0, 0.05) is 27.5 Å². The number of benzene rings is 1. The molecule has 0 unspecified atom stereocenters. The number of likely N-dealkylation sites (tertiary alicyclic amines) is 1. The summed E-state index contributed by atoms with van der Waals surface area (Å²) in [4.78, 5) is 3.94. The van der Waals surface area contributed by atoms with Crippen LogP contribution in [0.4, 0.5) is 0 Å². The molecule has 24 heavy (non-hydrogen) atoms. The largest absolute Gasteiger partial charge is 0.495 e. The summed E-state index contributed by atoms with van der Waals surface area (Å²) in [6.45, 7) is 9.32. The molecule has 1 aromatic carbocycles. The van der Waals surface area contributed by atoms with Crippen LogP contribution < -0.4 is 4.74 Å². The Bertz CT molecular complexity index is 766. The molecule has 4 heteroatoms. The van der Waals surface area contributed by atoms with Crippen LogP contribution >= 0.6 is 11.3 Å². The highest BCUT2D eigenvalue weighted by molar-refractivity contribution is 7.19. The molecule has 2 heterocycles. The second kappa shape index (κ2) is 6.74. The van der Waals surface area contributed by atoms with Gasteiger partial charge in [-0.1, -0.05) is 20.8 Å². The van der Waals surface area contributed by atoms with Crippen molar-refractivity contribution in [1.29, 1.82) is 5.26 Å². The highest BCUT2D eigenvalue weighted by Gasteiger charge is 2.33. The van der Waals surface area contributed by atoms with Gasteiger partial charge in [-0.15, -0.1) is 11.3 Å². The van der Waals surface area contributed by atoms with Crippen molar-refractivity contribution in [1.82, 2.24) is 4.90 Å². The molecular formula is C20H26N2OS. The first kappa shape index (κ1) is 17.3. The van der Waals surface area contributed by atoms with Gasteiger partial charge in [-0.05, 0) is 49.4 Å². The molecule has 1 saturated heterocycles. The molecule has 1 aromatic heterocycles. The molecule has 1 aliphatic heterocycles. The van der Waals surface area contributed by atoms with E-state index in [0.717, 1.165) is 28.8 Å². The molecule has 0 bridgehead atoms. The number of ether oxygens (including phenoxy) is 1. The second-order valence-electron chi connectivity index (χ2n) is 7.69. The summed E-state index contributed by atoms with van der Waals surface area (Å²) in [5.74, 6) is 0.992. The fourth-order valence-electron chi connectivity index (χ4n) is 3.90.